The van der Waals surface area contributed by atoms with Crippen molar-refractivity contribution in [3.8, 4) is 0 Å². The number of carboxylic acids is 1. The predicted molar refractivity (Wildman–Crippen MR) is 126 cm³/mol. The van der Waals surface area contributed by atoms with Crippen LogP contribution in [-0.2, 0) is 9.22 Å². The Morgan fingerprint density at radius 1 is 1.20 bits per heavy atom. The van der Waals surface area contributed by atoms with Crippen LogP contribution < -0.4 is 0 Å². The summed E-state index contributed by atoms with van der Waals surface area (Å²) in [5.74, 6) is 0.736. The van der Waals surface area contributed by atoms with E-state index in [4.69, 9.17) is 4.43 Å². The highest BCUT2D eigenvalue weighted by atomic mass is 28.4. The number of carboxylic acid groups (broad SMARTS) is 1. The summed E-state index contributed by atoms with van der Waals surface area (Å²) in [4.78, 5) is 11.8. The van der Waals surface area contributed by atoms with E-state index in [-0.39, 0.29) is 16.9 Å². The molecule has 0 aromatic rings. The van der Waals surface area contributed by atoms with Gasteiger partial charge in [-0.1, -0.05) is 53.2 Å². The Balaban J connectivity index is 2.31. The van der Waals surface area contributed by atoms with Gasteiger partial charge in [0, 0.05) is 6.61 Å². The molecule has 2 aliphatic rings. The monoisotopic (exact) mass is 438 g/mol. The van der Waals surface area contributed by atoms with Gasteiger partial charge in [0.1, 0.15) is 0 Å². The van der Waals surface area contributed by atoms with Crippen LogP contribution in [-0.4, -0.2) is 37.2 Å². The minimum atomic E-state index is -1.84. The molecule has 5 heteroatoms. The van der Waals surface area contributed by atoms with Crippen molar-refractivity contribution in [2.75, 3.05) is 6.61 Å². The molecule has 0 aromatic heterocycles. The smallest absolute Gasteiger partial charge is 0.306 e. The second-order valence-corrected chi connectivity index (χ2v) is 16.8. The van der Waals surface area contributed by atoms with Gasteiger partial charge in [0.25, 0.3) is 0 Å². The summed E-state index contributed by atoms with van der Waals surface area (Å²) in [6, 6.07) is 0. The lowest BCUT2D eigenvalue weighted by atomic mass is 9.56. The number of aliphatic hydroxyl groups excluding tert-OH is 1. The molecular weight excluding hydrogens is 392 g/mol. The number of aliphatic hydroxyl groups is 1. The first-order valence-electron chi connectivity index (χ1n) is 11.9. The largest absolute Gasteiger partial charge is 0.481 e. The fraction of sp³-hybridized carbons (Fsp3) is 0.880. The van der Waals surface area contributed by atoms with Gasteiger partial charge < -0.3 is 14.6 Å². The molecule has 0 heterocycles. The Morgan fingerprint density at radius 2 is 1.80 bits per heavy atom. The molecule has 0 amide bonds. The van der Waals surface area contributed by atoms with Crippen LogP contribution in [0.25, 0.3) is 0 Å². The van der Waals surface area contributed by atoms with E-state index in [1.165, 1.54) is 5.57 Å². The molecule has 0 aromatic carbocycles. The Bertz CT molecular complexity index is 634. The molecule has 2 rings (SSSR count). The lowest BCUT2D eigenvalue weighted by molar-refractivity contribution is -0.146. The van der Waals surface area contributed by atoms with E-state index < -0.39 is 26.3 Å². The summed E-state index contributed by atoms with van der Waals surface area (Å²) in [6.07, 6.45) is 4.35. The van der Waals surface area contributed by atoms with Gasteiger partial charge in [-0.3, -0.25) is 4.79 Å². The summed E-state index contributed by atoms with van der Waals surface area (Å²) in [5.41, 5.74) is 1.37. The van der Waals surface area contributed by atoms with Gasteiger partial charge in [-0.25, -0.2) is 0 Å². The fourth-order valence-corrected chi connectivity index (χ4v) is 6.55. The van der Waals surface area contributed by atoms with Crippen LogP contribution in [0.3, 0.4) is 0 Å². The SMILES string of the molecule is CC1=C[C@@H]2[C@H]([C@H](C)C(=O)O)C[C@H](O)C[C@@H]2[C@H]([C@H](CO[Si](C)(C)C(C)(C)C)C(C)C)C1. The molecular formula is C25H46O4Si. The highest BCUT2D eigenvalue weighted by Gasteiger charge is 2.48. The van der Waals surface area contributed by atoms with Gasteiger partial charge in [0.05, 0.1) is 12.0 Å². The van der Waals surface area contributed by atoms with Gasteiger partial charge in [-0.05, 0) is 79.8 Å². The van der Waals surface area contributed by atoms with Crippen molar-refractivity contribution in [3.05, 3.63) is 11.6 Å². The van der Waals surface area contributed by atoms with Gasteiger partial charge in [-0.2, -0.15) is 0 Å². The van der Waals surface area contributed by atoms with Crippen LogP contribution in [0.4, 0.5) is 0 Å². The molecule has 7 atom stereocenters. The molecule has 0 radical (unpaired) electrons. The van der Waals surface area contributed by atoms with E-state index in [2.05, 4.69) is 60.7 Å². The first-order valence-corrected chi connectivity index (χ1v) is 14.8. The van der Waals surface area contributed by atoms with Crippen LogP contribution in [0.1, 0.15) is 67.7 Å². The van der Waals surface area contributed by atoms with E-state index in [9.17, 15) is 15.0 Å². The number of hydrogen-bond donors (Lipinski definition) is 2. The fourth-order valence-electron chi connectivity index (χ4n) is 5.50. The highest BCUT2D eigenvalue weighted by molar-refractivity contribution is 6.74. The van der Waals surface area contributed by atoms with Gasteiger partial charge in [0.2, 0.25) is 0 Å². The molecule has 2 N–H and O–H groups in total. The van der Waals surface area contributed by atoms with Crippen molar-refractivity contribution in [1.82, 2.24) is 0 Å². The topological polar surface area (TPSA) is 66.8 Å². The summed E-state index contributed by atoms with van der Waals surface area (Å²) >= 11 is 0. The molecule has 2 aliphatic carbocycles. The van der Waals surface area contributed by atoms with Crippen molar-refractivity contribution in [1.29, 1.82) is 0 Å². The number of allylic oxidation sites excluding steroid dienone is 2. The maximum atomic E-state index is 11.8. The van der Waals surface area contributed by atoms with E-state index in [1.54, 1.807) is 0 Å². The average Bonchev–Trinajstić information content (AvgIpc) is 2.59. The van der Waals surface area contributed by atoms with Crippen molar-refractivity contribution in [2.24, 2.45) is 41.4 Å². The summed E-state index contributed by atoms with van der Waals surface area (Å²) < 4.78 is 6.69. The first-order chi connectivity index (χ1) is 13.7. The summed E-state index contributed by atoms with van der Waals surface area (Å²) in [7, 11) is -1.84. The first kappa shape index (κ1) is 25.6. The Kier molecular flexibility index (Phi) is 8.07. The standard InChI is InChI=1S/C25H46O4Si/c1-15(2)23(14-29-30(8,9)25(5,6)7)21-11-16(3)10-20-19(17(4)24(27)28)12-18(26)13-22(20)21/h10,15,17-23,26H,11-14H2,1-9H3,(H,27,28)/t17-,18-,19-,20+,21+,22-,23+/m0/s1. The van der Waals surface area contributed by atoms with Crippen LogP contribution in [0.2, 0.25) is 18.1 Å². The van der Waals surface area contributed by atoms with E-state index in [1.807, 2.05) is 6.92 Å². The molecule has 1 saturated carbocycles. The third-order valence-corrected chi connectivity index (χ3v) is 13.0. The predicted octanol–water partition coefficient (Wildman–Crippen LogP) is 5.97. The minimum absolute atomic E-state index is 0.00289. The molecule has 174 valence electrons. The number of hydrogen-bond acceptors (Lipinski definition) is 3. The zero-order valence-electron chi connectivity index (χ0n) is 20.7. The number of rotatable bonds is 7. The van der Waals surface area contributed by atoms with Gasteiger partial charge >= 0.3 is 5.97 Å². The maximum Gasteiger partial charge on any atom is 0.306 e. The quantitative estimate of drug-likeness (QED) is 0.379. The number of carbonyl (C=O) groups is 1. The van der Waals surface area contributed by atoms with Crippen molar-refractivity contribution in [2.45, 2.75) is 92.0 Å². The maximum absolute atomic E-state index is 11.8. The van der Waals surface area contributed by atoms with Gasteiger partial charge in [0.15, 0.2) is 8.32 Å². The van der Waals surface area contributed by atoms with Crippen molar-refractivity contribution < 1.29 is 19.4 Å². The molecule has 30 heavy (non-hydrogen) atoms. The number of fused-ring (bicyclic) bond motifs is 1. The average molecular weight is 439 g/mol. The normalized spacial score (nSPS) is 32.4. The third-order valence-electron chi connectivity index (χ3n) is 8.54. The van der Waals surface area contributed by atoms with E-state index in [0.29, 0.717) is 30.1 Å². The van der Waals surface area contributed by atoms with Gasteiger partial charge in [-0.15, -0.1) is 0 Å². The molecule has 0 aliphatic heterocycles. The summed E-state index contributed by atoms with van der Waals surface area (Å²) in [6.45, 7) is 20.8. The molecule has 0 unspecified atom stereocenters. The van der Waals surface area contributed by atoms with Crippen LogP contribution in [0.5, 0.6) is 0 Å². The van der Waals surface area contributed by atoms with E-state index in [0.717, 1.165) is 19.4 Å². The molecule has 1 fully saturated rings. The Labute approximate surface area is 185 Å². The molecule has 0 spiro atoms. The van der Waals surface area contributed by atoms with Crippen LogP contribution in [0.15, 0.2) is 11.6 Å². The third kappa shape index (κ3) is 5.58. The number of aliphatic carboxylic acids is 1. The Hall–Kier alpha value is -0.653. The zero-order chi connectivity index (χ0) is 23.0. The second-order valence-electron chi connectivity index (χ2n) is 12.0. The lowest BCUT2D eigenvalue weighted by Gasteiger charge is -2.50. The van der Waals surface area contributed by atoms with E-state index >= 15 is 0 Å². The summed E-state index contributed by atoms with van der Waals surface area (Å²) in [5, 5.41) is 20.5. The van der Waals surface area contributed by atoms with Crippen molar-refractivity contribution in [3.63, 3.8) is 0 Å². The zero-order valence-corrected chi connectivity index (χ0v) is 21.7. The lowest BCUT2D eigenvalue weighted by Crippen LogP contribution is -2.48. The second kappa shape index (κ2) is 9.46. The van der Waals surface area contributed by atoms with Crippen LogP contribution in [0, 0.1) is 41.4 Å². The minimum Gasteiger partial charge on any atom is -0.481 e. The Morgan fingerprint density at radius 3 is 2.30 bits per heavy atom. The highest BCUT2D eigenvalue weighted by Crippen LogP contribution is 2.51. The molecule has 0 saturated heterocycles. The molecule has 0 bridgehead atoms. The van der Waals surface area contributed by atoms with Crippen LogP contribution >= 0.6 is 0 Å². The van der Waals surface area contributed by atoms with Crippen molar-refractivity contribution >= 4 is 14.3 Å². The molecule has 4 nitrogen and oxygen atoms in total.